The van der Waals surface area contributed by atoms with E-state index in [1.165, 1.54) is 0 Å². The molecule has 0 saturated heterocycles. The van der Waals surface area contributed by atoms with Gasteiger partial charge in [0, 0.05) is 16.8 Å². The highest BCUT2D eigenvalue weighted by molar-refractivity contribution is 6.00. The monoisotopic (exact) mass is 331 g/mol. The van der Waals surface area contributed by atoms with E-state index in [4.69, 9.17) is 9.72 Å². The van der Waals surface area contributed by atoms with E-state index in [1.54, 1.807) is 0 Å². The lowest BCUT2D eigenvalue weighted by atomic mass is 9.92. The van der Waals surface area contributed by atoms with Gasteiger partial charge in [0.2, 0.25) is 0 Å². The van der Waals surface area contributed by atoms with E-state index < -0.39 is 0 Å². The van der Waals surface area contributed by atoms with Crippen LogP contribution in [0.1, 0.15) is 28.5 Å². The van der Waals surface area contributed by atoms with Gasteiger partial charge in [-0.05, 0) is 31.9 Å². The number of rotatable bonds is 4. The van der Waals surface area contributed by atoms with Gasteiger partial charge >= 0.3 is 5.97 Å². The van der Waals surface area contributed by atoms with Crippen LogP contribution in [0.4, 0.5) is 0 Å². The highest BCUT2D eigenvalue weighted by Gasteiger charge is 2.23. The van der Waals surface area contributed by atoms with Gasteiger partial charge in [0.1, 0.15) is 0 Å². The number of aromatic nitrogens is 1. The van der Waals surface area contributed by atoms with Crippen LogP contribution in [0, 0.1) is 13.8 Å². The molecule has 0 aliphatic carbocycles. The Kier molecular flexibility index (Phi) is 4.94. The Morgan fingerprint density at radius 3 is 2.04 bits per heavy atom. The summed E-state index contributed by atoms with van der Waals surface area (Å²) in [4.78, 5) is 17.5. The van der Waals surface area contributed by atoms with Crippen LogP contribution in [0.2, 0.25) is 0 Å². The molecule has 1 aromatic heterocycles. The zero-order valence-corrected chi connectivity index (χ0v) is 14.7. The standard InChI is InChI=1S/C22H21NO2/c1-4-25-22(24)20-15(2)19(17-11-7-5-8-12-17)16(3)23-21(20)18-13-9-6-10-14-18/h5-14H,4H2,1-3H3. The molecule has 1 heterocycles. The molecule has 3 aromatic rings. The van der Waals surface area contributed by atoms with Crippen LogP contribution in [-0.2, 0) is 4.74 Å². The van der Waals surface area contributed by atoms with Crippen LogP contribution in [0.3, 0.4) is 0 Å². The minimum Gasteiger partial charge on any atom is -0.462 e. The van der Waals surface area contributed by atoms with Crippen LogP contribution in [0.5, 0.6) is 0 Å². The molecule has 0 bridgehead atoms. The van der Waals surface area contributed by atoms with Crippen LogP contribution in [0.25, 0.3) is 22.4 Å². The van der Waals surface area contributed by atoms with E-state index in [1.807, 2.05) is 81.4 Å². The van der Waals surface area contributed by atoms with Gasteiger partial charge in [0.05, 0.1) is 17.9 Å². The fraction of sp³-hybridized carbons (Fsp3) is 0.182. The van der Waals surface area contributed by atoms with E-state index in [9.17, 15) is 4.79 Å². The third-order valence-electron chi connectivity index (χ3n) is 4.22. The number of hydrogen-bond donors (Lipinski definition) is 0. The molecular formula is C22H21NO2. The van der Waals surface area contributed by atoms with Gasteiger partial charge in [0.15, 0.2) is 0 Å². The van der Waals surface area contributed by atoms with Crippen molar-refractivity contribution in [3.8, 4) is 22.4 Å². The Balaban J connectivity index is 2.29. The Morgan fingerprint density at radius 1 is 0.920 bits per heavy atom. The number of pyridine rings is 1. The third-order valence-corrected chi connectivity index (χ3v) is 4.22. The summed E-state index contributed by atoms with van der Waals surface area (Å²) in [5.74, 6) is -0.330. The summed E-state index contributed by atoms with van der Waals surface area (Å²) in [6, 6.07) is 19.8. The van der Waals surface area contributed by atoms with Crippen LogP contribution in [-0.4, -0.2) is 17.6 Å². The molecule has 0 amide bonds. The molecule has 2 aromatic carbocycles. The van der Waals surface area contributed by atoms with Gasteiger partial charge in [-0.15, -0.1) is 0 Å². The number of carbonyl (C=O) groups is 1. The van der Waals surface area contributed by atoms with E-state index in [0.29, 0.717) is 17.9 Å². The third kappa shape index (κ3) is 3.31. The highest BCUT2D eigenvalue weighted by Crippen LogP contribution is 2.34. The maximum absolute atomic E-state index is 12.7. The molecule has 0 unspecified atom stereocenters. The summed E-state index contributed by atoms with van der Waals surface area (Å²) in [6.45, 7) is 6.10. The Morgan fingerprint density at radius 2 is 1.48 bits per heavy atom. The predicted octanol–water partition coefficient (Wildman–Crippen LogP) is 5.21. The molecule has 0 aliphatic rings. The molecule has 126 valence electrons. The second-order valence-electron chi connectivity index (χ2n) is 5.87. The normalized spacial score (nSPS) is 10.5. The Bertz CT molecular complexity index is 887. The van der Waals surface area contributed by atoms with Crippen LogP contribution < -0.4 is 0 Å². The van der Waals surface area contributed by atoms with Crippen LogP contribution in [0.15, 0.2) is 60.7 Å². The van der Waals surface area contributed by atoms with Crippen molar-refractivity contribution < 1.29 is 9.53 Å². The highest BCUT2D eigenvalue weighted by atomic mass is 16.5. The number of hydrogen-bond acceptors (Lipinski definition) is 3. The van der Waals surface area contributed by atoms with Crippen molar-refractivity contribution in [3.05, 3.63) is 77.5 Å². The minimum absolute atomic E-state index is 0.330. The zero-order valence-electron chi connectivity index (χ0n) is 14.7. The molecule has 3 heteroatoms. The molecule has 0 spiro atoms. The molecule has 0 atom stereocenters. The molecular weight excluding hydrogens is 310 g/mol. The van der Waals surface area contributed by atoms with Gasteiger partial charge in [-0.2, -0.15) is 0 Å². The van der Waals surface area contributed by atoms with Gasteiger partial charge < -0.3 is 4.74 Å². The van der Waals surface area contributed by atoms with E-state index in [2.05, 4.69) is 0 Å². The molecule has 0 fully saturated rings. The summed E-state index contributed by atoms with van der Waals surface area (Å²) >= 11 is 0. The second-order valence-corrected chi connectivity index (χ2v) is 5.87. The number of nitrogens with zero attached hydrogens (tertiary/aromatic N) is 1. The van der Waals surface area contributed by atoms with E-state index in [-0.39, 0.29) is 5.97 Å². The van der Waals surface area contributed by atoms with E-state index in [0.717, 1.165) is 27.9 Å². The molecule has 0 N–H and O–H groups in total. The SMILES string of the molecule is CCOC(=O)c1c(-c2ccccc2)nc(C)c(-c2ccccc2)c1C. The fourth-order valence-electron chi connectivity index (χ4n) is 3.14. The summed E-state index contributed by atoms with van der Waals surface area (Å²) < 4.78 is 5.32. The maximum Gasteiger partial charge on any atom is 0.340 e. The van der Waals surface area contributed by atoms with Crippen molar-refractivity contribution in [2.45, 2.75) is 20.8 Å². The quantitative estimate of drug-likeness (QED) is 0.616. The average Bonchev–Trinajstić information content (AvgIpc) is 2.63. The molecule has 0 saturated carbocycles. The summed E-state index contributed by atoms with van der Waals surface area (Å²) in [7, 11) is 0. The van der Waals surface area contributed by atoms with Gasteiger partial charge in [-0.1, -0.05) is 60.7 Å². The number of carbonyl (C=O) groups excluding carboxylic acids is 1. The molecule has 0 aliphatic heterocycles. The first-order valence-electron chi connectivity index (χ1n) is 8.42. The van der Waals surface area contributed by atoms with Gasteiger partial charge in [-0.25, -0.2) is 4.79 Å². The molecule has 3 rings (SSSR count). The van der Waals surface area contributed by atoms with Crippen molar-refractivity contribution in [2.24, 2.45) is 0 Å². The number of esters is 1. The minimum atomic E-state index is -0.330. The van der Waals surface area contributed by atoms with Gasteiger partial charge in [-0.3, -0.25) is 4.98 Å². The Labute approximate surface area is 148 Å². The van der Waals surface area contributed by atoms with Crippen molar-refractivity contribution in [3.63, 3.8) is 0 Å². The lowest BCUT2D eigenvalue weighted by molar-refractivity contribution is 0.0526. The summed E-state index contributed by atoms with van der Waals surface area (Å²) in [6.07, 6.45) is 0. The largest absolute Gasteiger partial charge is 0.462 e. The zero-order chi connectivity index (χ0) is 17.8. The molecule has 3 nitrogen and oxygen atoms in total. The van der Waals surface area contributed by atoms with Crippen molar-refractivity contribution in [2.75, 3.05) is 6.61 Å². The van der Waals surface area contributed by atoms with E-state index >= 15 is 0 Å². The summed E-state index contributed by atoms with van der Waals surface area (Å²) in [5.41, 5.74) is 5.97. The van der Waals surface area contributed by atoms with Gasteiger partial charge in [0.25, 0.3) is 0 Å². The van der Waals surface area contributed by atoms with Crippen molar-refractivity contribution >= 4 is 5.97 Å². The average molecular weight is 331 g/mol. The second kappa shape index (κ2) is 7.31. The molecule has 0 radical (unpaired) electrons. The maximum atomic E-state index is 12.7. The smallest absolute Gasteiger partial charge is 0.340 e. The number of benzene rings is 2. The lowest BCUT2D eigenvalue weighted by Crippen LogP contribution is -2.12. The first-order chi connectivity index (χ1) is 12.1. The number of ether oxygens (including phenoxy) is 1. The summed E-state index contributed by atoms with van der Waals surface area (Å²) in [5, 5.41) is 0. The predicted molar refractivity (Wildman–Crippen MR) is 101 cm³/mol. The topological polar surface area (TPSA) is 39.2 Å². The lowest BCUT2D eigenvalue weighted by Gasteiger charge is -2.17. The first kappa shape index (κ1) is 16.9. The fourth-order valence-corrected chi connectivity index (χ4v) is 3.14. The molecule has 25 heavy (non-hydrogen) atoms. The first-order valence-corrected chi connectivity index (χ1v) is 8.42. The van der Waals surface area contributed by atoms with Crippen molar-refractivity contribution in [1.29, 1.82) is 0 Å². The van der Waals surface area contributed by atoms with Crippen LogP contribution >= 0.6 is 0 Å². The Hall–Kier alpha value is -2.94. The number of aryl methyl sites for hydroxylation is 1. The van der Waals surface area contributed by atoms with Crippen molar-refractivity contribution in [1.82, 2.24) is 4.98 Å².